The second-order valence-corrected chi connectivity index (χ2v) is 6.34. The SMILES string of the molecule is CSc1nc(C(=O)N2CCCC2CCCO)c2ccccn12. The lowest BCUT2D eigenvalue weighted by molar-refractivity contribution is 0.0720. The first-order valence-electron chi connectivity index (χ1n) is 7.69. The third kappa shape index (κ3) is 2.73. The van der Waals surface area contributed by atoms with Crippen molar-refractivity contribution in [3.63, 3.8) is 0 Å². The summed E-state index contributed by atoms with van der Waals surface area (Å²) < 4.78 is 1.97. The fourth-order valence-corrected chi connectivity index (χ4v) is 3.72. The van der Waals surface area contributed by atoms with Crippen LogP contribution in [0.25, 0.3) is 5.52 Å². The van der Waals surface area contributed by atoms with E-state index in [-0.39, 0.29) is 18.6 Å². The second-order valence-electron chi connectivity index (χ2n) is 5.56. The van der Waals surface area contributed by atoms with Gasteiger partial charge in [0.2, 0.25) is 0 Å². The number of aromatic nitrogens is 2. The van der Waals surface area contributed by atoms with Crippen molar-refractivity contribution in [1.29, 1.82) is 0 Å². The first-order chi connectivity index (χ1) is 10.8. The van der Waals surface area contributed by atoms with Gasteiger partial charge in [0.05, 0.1) is 5.52 Å². The highest BCUT2D eigenvalue weighted by Gasteiger charge is 2.31. The molecular formula is C16H21N3O2S. The number of rotatable bonds is 5. The number of likely N-dealkylation sites (tertiary alicyclic amines) is 1. The molecule has 3 rings (SSSR count). The van der Waals surface area contributed by atoms with Gasteiger partial charge in [0.1, 0.15) is 0 Å². The Morgan fingerprint density at radius 1 is 1.50 bits per heavy atom. The van der Waals surface area contributed by atoms with Crippen molar-refractivity contribution in [3.05, 3.63) is 30.1 Å². The molecule has 0 aromatic carbocycles. The van der Waals surface area contributed by atoms with Crippen LogP contribution in [0.2, 0.25) is 0 Å². The van der Waals surface area contributed by atoms with Gasteiger partial charge in [-0.1, -0.05) is 17.8 Å². The van der Waals surface area contributed by atoms with Crippen LogP contribution in [0.5, 0.6) is 0 Å². The predicted octanol–water partition coefficient (Wildman–Crippen LogP) is 2.43. The first kappa shape index (κ1) is 15.4. The molecule has 1 aliphatic heterocycles. The monoisotopic (exact) mass is 319 g/mol. The molecule has 1 amide bonds. The quantitative estimate of drug-likeness (QED) is 0.860. The molecule has 2 aromatic rings. The normalized spacial score (nSPS) is 18.3. The Balaban J connectivity index is 1.92. The molecule has 1 atom stereocenters. The zero-order valence-electron chi connectivity index (χ0n) is 12.7. The Labute approximate surface area is 134 Å². The molecule has 0 saturated carbocycles. The lowest BCUT2D eigenvalue weighted by Gasteiger charge is -2.23. The number of carbonyl (C=O) groups is 1. The summed E-state index contributed by atoms with van der Waals surface area (Å²) in [7, 11) is 0. The van der Waals surface area contributed by atoms with Gasteiger partial charge in [-0.15, -0.1) is 0 Å². The van der Waals surface area contributed by atoms with E-state index in [2.05, 4.69) is 4.98 Å². The maximum absolute atomic E-state index is 12.9. The summed E-state index contributed by atoms with van der Waals surface area (Å²) in [6, 6.07) is 6.06. The number of thioether (sulfide) groups is 1. The molecule has 0 bridgehead atoms. The summed E-state index contributed by atoms with van der Waals surface area (Å²) in [5, 5.41) is 9.86. The van der Waals surface area contributed by atoms with Gasteiger partial charge in [0.25, 0.3) is 5.91 Å². The van der Waals surface area contributed by atoms with E-state index in [0.29, 0.717) is 5.69 Å². The molecule has 1 N–H and O–H groups in total. The average molecular weight is 319 g/mol. The highest BCUT2D eigenvalue weighted by atomic mass is 32.2. The minimum Gasteiger partial charge on any atom is -0.396 e. The molecule has 22 heavy (non-hydrogen) atoms. The molecular weight excluding hydrogens is 298 g/mol. The van der Waals surface area contributed by atoms with E-state index in [1.807, 2.05) is 40.0 Å². The van der Waals surface area contributed by atoms with E-state index in [1.54, 1.807) is 11.8 Å². The number of imidazole rings is 1. The van der Waals surface area contributed by atoms with Gasteiger partial charge in [-0.05, 0) is 44.1 Å². The molecule has 0 radical (unpaired) electrons. The van der Waals surface area contributed by atoms with E-state index in [1.165, 1.54) is 0 Å². The Bertz CT molecular complexity index is 670. The van der Waals surface area contributed by atoms with Crippen molar-refractivity contribution < 1.29 is 9.90 Å². The van der Waals surface area contributed by atoms with Crippen LogP contribution in [-0.4, -0.2) is 50.7 Å². The molecule has 2 aromatic heterocycles. The molecule has 6 heteroatoms. The standard InChI is InChI=1S/C16H21N3O2S/c1-22-16-17-14(13-8-2-3-9-19(13)16)15(21)18-10-4-6-12(18)7-5-11-20/h2-3,8-9,12,20H,4-7,10-11H2,1H3. The van der Waals surface area contributed by atoms with E-state index in [0.717, 1.165) is 42.9 Å². The zero-order valence-corrected chi connectivity index (χ0v) is 13.6. The molecule has 1 fully saturated rings. The van der Waals surface area contributed by atoms with Gasteiger partial charge in [0, 0.05) is 25.4 Å². The van der Waals surface area contributed by atoms with Gasteiger partial charge < -0.3 is 10.0 Å². The minimum absolute atomic E-state index is 0.0180. The number of amides is 1. The number of aliphatic hydroxyl groups is 1. The largest absolute Gasteiger partial charge is 0.396 e. The number of nitrogens with zero attached hydrogens (tertiary/aromatic N) is 3. The molecule has 0 aliphatic carbocycles. The summed E-state index contributed by atoms with van der Waals surface area (Å²) in [6.07, 6.45) is 7.57. The predicted molar refractivity (Wildman–Crippen MR) is 87.4 cm³/mol. The van der Waals surface area contributed by atoms with Gasteiger partial charge in [0.15, 0.2) is 10.9 Å². The Kier molecular flexibility index (Phi) is 4.69. The van der Waals surface area contributed by atoms with E-state index < -0.39 is 0 Å². The highest BCUT2D eigenvalue weighted by molar-refractivity contribution is 7.98. The van der Waals surface area contributed by atoms with Crippen LogP contribution in [0.4, 0.5) is 0 Å². The topological polar surface area (TPSA) is 57.8 Å². The Morgan fingerprint density at radius 2 is 2.36 bits per heavy atom. The summed E-state index contributed by atoms with van der Waals surface area (Å²) in [6.45, 7) is 0.970. The summed E-state index contributed by atoms with van der Waals surface area (Å²) in [5.41, 5.74) is 1.41. The van der Waals surface area contributed by atoms with Crippen molar-refractivity contribution in [2.45, 2.75) is 36.9 Å². The van der Waals surface area contributed by atoms with E-state index in [4.69, 9.17) is 5.11 Å². The Morgan fingerprint density at radius 3 is 3.14 bits per heavy atom. The van der Waals surface area contributed by atoms with Crippen LogP contribution in [0, 0.1) is 0 Å². The number of hydrogen-bond acceptors (Lipinski definition) is 4. The van der Waals surface area contributed by atoms with Gasteiger partial charge in [-0.3, -0.25) is 9.20 Å². The molecule has 0 spiro atoms. The zero-order chi connectivity index (χ0) is 15.5. The highest BCUT2D eigenvalue weighted by Crippen LogP contribution is 2.26. The van der Waals surface area contributed by atoms with Crippen LogP contribution in [0.1, 0.15) is 36.2 Å². The Hall–Kier alpha value is -1.53. The van der Waals surface area contributed by atoms with Crippen molar-refractivity contribution >= 4 is 23.2 Å². The number of fused-ring (bicyclic) bond motifs is 1. The van der Waals surface area contributed by atoms with Crippen LogP contribution >= 0.6 is 11.8 Å². The molecule has 5 nitrogen and oxygen atoms in total. The van der Waals surface area contributed by atoms with Crippen LogP contribution < -0.4 is 0 Å². The van der Waals surface area contributed by atoms with Gasteiger partial charge >= 0.3 is 0 Å². The summed E-state index contributed by atoms with van der Waals surface area (Å²) in [5.74, 6) is 0.0180. The van der Waals surface area contributed by atoms with Crippen molar-refractivity contribution in [1.82, 2.24) is 14.3 Å². The van der Waals surface area contributed by atoms with Crippen LogP contribution in [0.15, 0.2) is 29.6 Å². The lowest BCUT2D eigenvalue weighted by Crippen LogP contribution is -2.36. The van der Waals surface area contributed by atoms with Crippen LogP contribution in [0.3, 0.4) is 0 Å². The summed E-state index contributed by atoms with van der Waals surface area (Å²) >= 11 is 1.54. The molecule has 1 aliphatic rings. The maximum Gasteiger partial charge on any atom is 0.274 e. The minimum atomic E-state index is 0.0180. The number of hydrogen-bond donors (Lipinski definition) is 1. The average Bonchev–Trinajstić information content (AvgIpc) is 3.16. The molecule has 118 valence electrons. The van der Waals surface area contributed by atoms with Gasteiger partial charge in [-0.2, -0.15) is 0 Å². The molecule has 1 unspecified atom stereocenters. The van der Waals surface area contributed by atoms with E-state index >= 15 is 0 Å². The van der Waals surface area contributed by atoms with Crippen molar-refractivity contribution in [2.24, 2.45) is 0 Å². The van der Waals surface area contributed by atoms with Crippen LogP contribution in [-0.2, 0) is 0 Å². The van der Waals surface area contributed by atoms with E-state index in [9.17, 15) is 4.79 Å². The summed E-state index contributed by atoms with van der Waals surface area (Å²) in [4.78, 5) is 19.4. The third-order valence-corrected chi connectivity index (χ3v) is 4.89. The van der Waals surface area contributed by atoms with Crippen molar-refractivity contribution in [3.8, 4) is 0 Å². The smallest absolute Gasteiger partial charge is 0.274 e. The fraction of sp³-hybridized carbons (Fsp3) is 0.500. The maximum atomic E-state index is 12.9. The number of aliphatic hydroxyl groups excluding tert-OH is 1. The lowest BCUT2D eigenvalue weighted by atomic mass is 10.1. The number of carbonyl (C=O) groups excluding carboxylic acids is 1. The molecule has 1 saturated heterocycles. The van der Waals surface area contributed by atoms with Crippen molar-refractivity contribution in [2.75, 3.05) is 19.4 Å². The third-order valence-electron chi connectivity index (χ3n) is 4.23. The number of pyridine rings is 1. The first-order valence-corrected chi connectivity index (χ1v) is 8.91. The molecule has 3 heterocycles. The van der Waals surface area contributed by atoms with Gasteiger partial charge in [-0.25, -0.2) is 4.98 Å². The second kappa shape index (κ2) is 6.71. The fourth-order valence-electron chi connectivity index (χ4n) is 3.18.